The normalized spacial score (nSPS) is 16.3. The van der Waals surface area contributed by atoms with Gasteiger partial charge in [-0.15, -0.1) is 0 Å². The number of hydrogen-bond acceptors (Lipinski definition) is 5. The van der Waals surface area contributed by atoms with Crippen molar-refractivity contribution in [3.05, 3.63) is 59.9 Å². The Labute approximate surface area is 191 Å². The summed E-state index contributed by atoms with van der Waals surface area (Å²) < 4.78 is 36.1. The third-order valence-corrected chi connectivity index (χ3v) is 6.37. The molecule has 1 aliphatic rings. The first kappa shape index (κ1) is 23.8. The molecule has 2 amide bonds. The average molecular weight is 479 g/mol. The molecule has 0 unspecified atom stereocenters. The van der Waals surface area contributed by atoms with Crippen molar-refractivity contribution in [1.82, 2.24) is 10.2 Å². The molecule has 0 spiro atoms. The zero-order valence-electron chi connectivity index (χ0n) is 17.3. The van der Waals surface area contributed by atoms with Crippen molar-refractivity contribution in [2.45, 2.75) is 30.7 Å². The van der Waals surface area contributed by atoms with E-state index in [0.29, 0.717) is 30.3 Å². The van der Waals surface area contributed by atoms with E-state index in [2.05, 4.69) is 5.32 Å². The maximum absolute atomic E-state index is 13.3. The number of primary sulfonamides is 1. The molecule has 0 bridgehead atoms. The Kier molecular flexibility index (Phi) is 7.22. The lowest BCUT2D eigenvalue weighted by Gasteiger charge is -2.30. The van der Waals surface area contributed by atoms with Crippen LogP contribution in [-0.4, -0.2) is 49.4 Å². The van der Waals surface area contributed by atoms with E-state index in [4.69, 9.17) is 17.4 Å². The van der Waals surface area contributed by atoms with Crippen LogP contribution in [0.1, 0.15) is 18.9 Å². The second-order valence-electron chi connectivity index (χ2n) is 7.23. The van der Waals surface area contributed by atoms with Crippen LogP contribution >= 0.6 is 12.2 Å². The van der Waals surface area contributed by atoms with Gasteiger partial charge < -0.3 is 10.2 Å². The average Bonchev–Trinajstić information content (AvgIpc) is 3.03. The van der Waals surface area contributed by atoms with E-state index >= 15 is 0 Å². The predicted molar refractivity (Wildman–Crippen MR) is 122 cm³/mol. The predicted octanol–water partition coefficient (Wildman–Crippen LogP) is 1.54. The fourth-order valence-electron chi connectivity index (χ4n) is 3.47. The first-order valence-corrected chi connectivity index (χ1v) is 11.9. The topological polar surface area (TPSA) is 113 Å². The van der Waals surface area contributed by atoms with E-state index < -0.39 is 33.7 Å². The fraction of sp³-hybridized carbons (Fsp3) is 0.286. The second kappa shape index (κ2) is 9.72. The number of nitrogens with one attached hydrogen (secondary N) is 1. The highest BCUT2D eigenvalue weighted by Gasteiger charge is 2.43. The lowest BCUT2D eigenvalue weighted by molar-refractivity contribution is -0.122. The number of sulfonamides is 1. The molecular formula is C21H23FN4O4S2. The van der Waals surface area contributed by atoms with Gasteiger partial charge in [0.15, 0.2) is 5.11 Å². The molecule has 0 saturated carbocycles. The second-order valence-corrected chi connectivity index (χ2v) is 9.18. The highest BCUT2D eigenvalue weighted by molar-refractivity contribution is 7.89. The Bertz CT molecular complexity index is 1120. The molecule has 11 heteroatoms. The summed E-state index contributed by atoms with van der Waals surface area (Å²) in [6, 6.07) is 10.5. The van der Waals surface area contributed by atoms with Crippen LogP contribution < -0.4 is 15.4 Å². The number of carbonyl (C=O) groups excluding carboxylic acids is 2. The number of carbonyl (C=O) groups is 2. The van der Waals surface area contributed by atoms with Crippen LogP contribution in [0.5, 0.6) is 0 Å². The Balaban J connectivity index is 1.79. The van der Waals surface area contributed by atoms with Gasteiger partial charge in [0.1, 0.15) is 11.9 Å². The van der Waals surface area contributed by atoms with Gasteiger partial charge in [-0.1, -0.05) is 12.1 Å². The zero-order chi connectivity index (χ0) is 23.5. The summed E-state index contributed by atoms with van der Waals surface area (Å²) in [6.45, 7) is 2.72. The van der Waals surface area contributed by atoms with Gasteiger partial charge in [0.25, 0.3) is 5.91 Å². The van der Waals surface area contributed by atoms with Crippen LogP contribution in [0.25, 0.3) is 0 Å². The van der Waals surface area contributed by atoms with Gasteiger partial charge in [0, 0.05) is 13.1 Å². The minimum atomic E-state index is -3.79. The van der Waals surface area contributed by atoms with Crippen molar-refractivity contribution >= 4 is 44.9 Å². The Morgan fingerprint density at radius 2 is 1.81 bits per heavy atom. The number of thiocarbonyl (C=S) groups is 1. The number of nitrogens with zero attached hydrogens (tertiary/aromatic N) is 2. The number of hydrogen-bond donors (Lipinski definition) is 2. The van der Waals surface area contributed by atoms with Crippen molar-refractivity contribution in [2.24, 2.45) is 5.14 Å². The monoisotopic (exact) mass is 478 g/mol. The van der Waals surface area contributed by atoms with Gasteiger partial charge in [-0.2, -0.15) is 0 Å². The summed E-state index contributed by atoms with van der Waals surface area (Å²) >= 11 is 5.45. The molecule has 1 aliphatic heterocycles. The molecule has 1 fully saturated rings. The number of benzene rings is 2. The van der Waals surface area contributed by atoms with Crippen LogP contribution in [-0.2, 0) is 26.0 Å². The number of nitrogens with two attached hydrogens (primary N) is 1. The Morgan fingerprint density at radius 3 is 2.38 bits per heavy atom. The largest absolute Gasteiger partial charge is 0.363 e. The zero-order valence-corrected chi connectivity index (χ0v) is 19.0. The minimum Gasteiger partial charge on any atom is -0.363 e. The van der Waals surface area contributed by atoms with Crippen LogP contribution in [0.4, 0.5) is 10.1 Å². The molecule has 32 heavy (non-hydrogen) atoms. The summed E-state index contributed by atoms with van der Waals surface area (Å²) in [5, 5.41) is 8.48. The highest BCUT2D eigenvalue weighted by atomic mass is 32.2. The molecule has 3 N–H and O–H groups in total. The quantitative estimate of drug-likeness (QED) is 0.459. The first-order chi connectivity index (χ1) is 15.1. The van der Waals surface area contributed by atoms with Crippen LogP contribution in [0.15, 0.2) is 53.4 Å². The number of amides is 2. The van der Waals surface area contributed by atoms with E-state index in [0.717, 1.165) is 10.5 Å². The third kappa shape index (κ3) is 5.29. The summed E-state index contributed by atoms with van der Waals surface area (Å²) in [5.74, 6) is -1.30. The summed E-state index contributed by atoms with van der Waals surface area (Å²) in [7, 11) is -3.79. The molecule has 1 saturated heterocycles. The van der Waals surface area contributed by atoms with E-state index in [-0.39, 0.29) is 11.3 Å². The van der Waals surface area contributed by atoms with Crippen molar-refractivity contribution in [3.8, 4) is 0 Å². The van der Waals surface area contributed by atoms with Crippen molar-refractivity contribution < 1.29 is 22.4 Å². The lowest BCUT2D eigenvalue weighted by atomic mass is 10.1. The molecule has 3 rings (SSSR count). The van der Waals surface area contributed by atoms with Gasteiger partial charge in [-0.05, 0) is 67.5 Å². The maximum atomic E-state index is 13.3. The van der Waals surface area contributed by atoms with E-state index in [9.17, 15) is 22.4 Å². The number of imide groups is 1. The smallest absolute Gasteiger partial charge is 0.257 e. The minimum absolute atomic E-state index is 0.00721. The molecule has 0 radical (unpaired) electrons. The Morgan fingerprint density at radius 1 is 1.19 bits per heavy atom. The molecule has 2 aromatic rings. The summed E-state index contributed by atoms with van der Waals surface area (Å²) in [5.41, 5.74) is 1.12. The number of rotatable bonds is 7. The maximum Gasteiger partial charge on any atom is 0.257 e. The molecule has 0 aliphatic carbocycles. The number of anilines is 1. The van der Waals surface area contributed by atoms with E-state index in [1.165, 1.54) is 36.4 Å². The van der Waals surface area contributed by atoms with Gasteiger partial charge in [0.05, 0.1) is 17.0 Å². The van der Waals surface area contributed by atoms with Crippen molar-refractivity contribution in [3.63, 3.8) is 0 Å². The van der Waals surface area contributed by atoms with Gasteiger partial charge >= 0.3 is 0 Å². The van der Waals surface area contributed by atoms with E-state index in [1.54, 1.807) is 17.0 Å². The molecule has 170 valence electrons. The van der Waals surface area contributed by atoms with Gasteiger partial charge in [-0.3, -0.25) is 9.59 Å². The lowest BCUT2D eigenvalue weighted by Crippen LogP contribution is -2.50. The van der Waals surface area contributed by atoms with Crippen molar-refractivity contribution in [2.75, 3.05) is 18.0 Å². The number of halogens is 1. The molecule has 0 aromatic heterocycles. The van der Waals surface area contributed by atoms with Crippen LogP contribution in [0.2, 0.25) is 0 Å². The Hall–Kier alpha value is -2.89. The van der Waals surface area contributed by atoms with Gasteiger partial charge in [-0.25, -0.2) is 22.8 Å². The first-order valence-electron chi connectivity index (χ1n) is 9.90. The molecule has 2 aromatic carbocycles. The summed E-state index contributed by atoms with van der Waals surface area (Å²) in [6.07, 6.45) is 0.386. The van der Waals surface area contributed by atoms with Gasteiger partial charge in [0.2, 0.25) is 15.9 Å². The van der Waals surface area contributed by atoms with Crippen LogP contribution in [0.3, 0.4) is 0 Å². The van der Waals surface area contributed by atoms with Crippen molar-refractivity contribution in [1.29, 1.82) is 0 Å². The standard InChI is InChI=1S/C21H23FN4O4S2/c1-2-24-21(31)25(12-11-14-3-9-17(10-4-14)32(23,29)30)18-13-19(27)26(20(18)28)16-7-5-15(22)6-8-16/h3-10,18H,2,11-13H2,1H3,(H,24,31)(H2,23,29,30)/t18-/m0/s1. The fourth-order valence-corrected chi connectivity index (χ4v) is 4.35. The highest BCUT2D eigenvalue weighted by Crippen LogP contribution is 2.26. The molecule has 1 atom stereocenters. The SMILES string of the molecule is CCNC(=S)N(CCc1ccc(S(N)(=O)=O)cc1)[C@H]1CC(=O)N(c2ccc(F)cc2)C1=O. The molecule has 8 nitrogen and oxygen atoms in total. The molecular weight excluding hydrogens is 455 g/mol. The third-order valence-electron chi connectivity index (χ3n) is 5.07. The van der Waals surface area contributed by atoms with E-state index in [1.807, 2.05) is 6.92 Å². The molecule has 1 heterocycles. The summed E-state index contributed by atoms with van der Waals surface area (Å²) in [4.78, 5) is 28.5. The van der Waals surface area contributed by atoms with Crippen LogP contribution in [0, 0.1) is 5.82 Å².